The zero-order valence-electron chi connectivity index (χ0n) is 17.3. The summed E-state index contributed by atoms with van der Waals surface area (Å²) in [5.41, 5.74) is 5.87. The summed E-state index contributed by atoms with van der Waals surface area (Å²) in [4.78, 5) is 21.9. The second-order valence-electron chi connectivity index (χ2n) is 7.03. The van der Waals surface area contributed by atoms with Crippen molar-refractivity contribution in [1.29, 1.82) is 0 Å². The molecule has 6 nitrogen and oxygen atoms in total. The molecule has 0 aliphatic carbocycles. The van der Waals surface area contributed by atoms with Gasteiger partial charge in [-0.15, -0.1) is 0 Å². The smallest absolute Gasteiger partial charge is 0.264 e. The Labute approximate surface area is 179 Å². The molecule has 2 aromatic heterocycles. The molecule has 3 heterocycles. The summed E-state index contributed by atoms with van der Waals surface area (Å²) in [7, 11) is 1.61. The Kier molecular flexibility index (Phi) is 5.46. The highest BCUT2D eigenvalue weighted by atomic mass is 32.2. The summed E-state index contributed by atoms with van der Waals surface area (Å²) < 4.78 is 7.51. The van der Waals surface area contributed by atoms with Crippen LogP contribution >= 0.6 is 11.8 Å². The first-order chi connectivity index (χ1) is 14.5. The number of carbonyl (C=O) groups is 1. The van der Waals surface area contributed by atoms with Gasteiger partial charge in [-0.3, -0.25) is 9.78 Å². The first-order valence-electron chi connectivity index (χ1n) is 9.50. The van der Waals surface area contributed by atoms with Gasteiger partial charge in [-0.2, -0.15) is 0 Å². The lowest BCUT2D eigenvalue weighted by Crippen LogP contribution is -2.19. The quantitative estimate of drug-likeness (QED) is 0.624. The van der Waals surface area contributed by atoms with Gasteiger partial charge in [0.15, 0.2) is 5.17 Å². The van der Waals surface area contributed by atoms with Crippen molar-refractivity contribution < 1.29 is 9.53 Å². The van der Waals surface area contributed by atoms with E-state index in [1.807, 2.05) is 63.4 Å². The van der Waals surface area contributed by atoms with Gasteiger partial charge in [-0.25, -0.2) is 4.99 Å². The molecule has 1 N–H and O–H groups in total. The summed E-state index contributed by atoms with van der Waals surface area (Å²) in [6.45, 7) is 6.07. The minimum Gasteiger partial charge on any atom is -0.494 e. The number of rotatable bonds is 4. The van der Waals surface area contributed by atoms with E-state index in [0.717, 1.165) is 28.2 Å². The highest BCUT2D eigenvalue weighted by molar-refractivity contribution is 8.18. The van der Waals surface area contributed by atoms with E-state index in [-0.39, 0.29) is 5.91 Å². The van der Waals surface area contributed by atoms with E-state index in [9.17, 15) is 4.79 Å². The first kappa shape index (κ1) is 20.0. The zero-order chi connectivity index (χ0) is 21.3. The van der Waals surface area contributed by atoms with E-state index >= 15 is 0 Å². The lowest BCUT2D eigenvalue weighted by molar-refractivity contribution is -0.115. The van der Waals surface area contributed by atoms with Gasteiger partial charge in [0.1, 0.15) is 11.4 Å². The summed E-state index contributed by atoms with van der Waals surface area (Å²) in [5.74, 6) is 0.511. The van der Waals surface area contributed by atoms with E-state index in [1.54, 1.807) is 13.3 Å². The molecular formula is C23H22N4O2S. The van der Waals surface area contributed by atoms with Crippen molar-refractivity contribution in [1.82, 2.24) is 14.9 Å². The van der Waals surface area contributed by atoms with Crippen molar-refractivity contribution in [3.8, 4) is 11.4 Å². The van der Waals surface area contributed by atoms with Gasteiger partial charge in [0.05, 0.1) is 23.9 Å². The van der Waals surface area contributed by atoms with Crippen LogP contribution in [0.2, 0.25) is 0 Å². The average Bonchev–Trinajstić information content (AvgIpc) is 3.21. The molecule has 0 unspecified atom stereocenters. The molecule has 1 saturated heterocycles. The summed E-state index contributed by atoms with van der Waals surface area (Å²) >= 11 is 1.33. The number of hydrogen-bond acceptors (Lipinski definition) is 5. The van der Waals surface area contributed by atoms with Crippen molar-refractivity contribution in [2.24, 2.45) is 4.99 Å². The molecule has 1 fully saturated rings. The zero-order valence-corrected chi connectivity index (χ0v) is 18.1. The molecule has 0 atom stereocenters. The number of carbonyl (C=O) groups excluding carboxylic acids is 1. The molecule has 0 bridgehead atoms. The third-order valence-corrected chi connectivity index (χ3v) is 5.78. The van der Waals surface area contributed by atoms with Crippen molar-refractivity contribution in [2.75, 3.05) is 7.11 Å². The molecule has 1 aromatic carbocycles. The van der Waals surface area contributed by atoms with Gasteiger partial charge in [0.2, 0.25) is 0 Å². The number of pyridine rings is 1. The van der Waals surface area contributed by atoms with E-state index in [4.69, 9.17) is 4.74 Å². The number of nitrogens with zero attached hydrogens (tertiary/aromatic N) is 3. The molecule has 0 spiro atoms. The lowest BCUT2D eigenvalue weighted by atomic mass is 10.2. The van der Waals surface area contributed by atoms with Crippen molar-refractivity contribution in [3.05, 3.63) is 76.2 Å². The second kappa shape index (κ2) is 8.20. The molecule has 1 amide bonds. The Morgan fingerprint density at radius 1 is 1.20 bits per heavy atom. The molecule has 0 radical (unpaired) electrons. The Morgan fingerprint density at radius 2 is 2.03 bits per heavy atom. The van der Waals surface area contributed by atoms with Crippen molar-refractivity contribution in [2.45, 2.75) is 20.8 Å². The number of hydrogen-bond donors (Lipinski definition) is 1. The van der Waals surface area contributed by atoms with Crippen LogP contribution in [0.5, 0.6) is 5.75 Å². The number of amides is 1. The fourth-order valence-corrected chi connectivity index (χ4v) is 4.26. The number of thioether (sulfide) groups is 1. The van der Waals surface area contributed by atoms with Crippen LogP contribution in [0.25, 0.3) is 11.8 Å². The normalized spacial score (nSPS) is 16.3. The maximum atomic E-state index is 12.5. The Hall–Kier alpha value is -3.32. The highest BCUT2D eigenvalue weighted by Gasteiger charge is 2.25. The average molecular weight is 419 g/mol. The second-order valence-corrected chi connectivity index (χ2v) is 8.06. The summed E-state index contributed by atoms with van der Waals surface area (Å²) in [5, 5.41) is 3.39. The molecule has 1 aliphatic rings. The molecule has 3 aromatic rings. The maximum absolute atomic E-state index is 12.5. The summed E-state index contributed by atoms with van der Waals surface area (Å²) in [6, 6.07) is 11.8. The van der Waals surface area contributed by atoms with Crippen LogP contribution in [0.4, 0.5) is 5.69 Å². The van der Waals surface area contributed by atoms with Crippen LogP contribution in [0.15, 0.2) is 58.7 Å². The minimum atomic E-state index is -0.156. The number of amidine groups is 1. The third kappa shape index (κ3) is 3.89. The third-order valence-electron chi connectivity index (χ3n) is 4.87. The highest BCUT2D eigenvalue weighted by Crippen LogP contribution is 2.33. The molecular weight excluding hydrogens is 396 g/mol. The van der Waals surface area contributed by atoms with E-state index < -0.39 is 0 Å². The van der Waals surface area contributed by atoms with Gasteiger partial charge < -0.3 is 14.6 Å². The van der Waals surface area contributed by atoms with Crippen LogP contribution < -0.4 is 10.1 Å². The van der Waals surface area contributed by atoms with E-state index in [0.29, 0.717) is 21.5 Å². The molecule has 7 heteroatoms. The Bertz CT molecular complexity index is 1180. The van der Waals surface area contributed by atoms with Crippen LogP contribution in [0.3, 0.4) is 0 Å². The largest absolute Gasteiger partial charge is 0.494 e. The lowest BCUT2D eigenvalue weighted by Gasteiger charge is -2.08. The number of nitrogens with one attached hydrogen (secondary N) is 1. The predicted octanol–water partition coefficient (Wildman–Crippen LogP) is 4.70. The van der Waals surface area contributed by atoms with Gasteiger partial charge in [0, 0.05) is 17.6 Å². The fourth-order valence-electron chi connectivity index (χ4n) is 3.44. The fraction of sp³-hybridized carbons (Fsp3) is 0.174. The van der Waals surface area contributed by atoms with Gasteiger partial charge >= 0.3 is 0 Å². The van der Waals surface area contributed by atoms with Gasteiger partial charge in [-0.05, 0) is 80.1 Å². The SMILES string of the molecule is COc1ccc(C)cc1N=C1NC(=O)/C(=C/c2cc(C)n(-c3cccnc3)c2C)S1. The summed E-state index contributed by atoms with van der Waals surface area (Å²) in [6.07, 6.45) is 5.49. The molecule has 152 valence electrons. The van der Waals surface area contributed by atoms with Crippen LogP contribution in [0, 0.1) is 20.8 Å². The number of ether oxygens (including phenoxy) is 1. The van der Waals surface area contributed by atoms with Gasteiger partial charge in [-0.1, -0.05) is 6.07 Å². The van der Waals surface area contributed by atoms with Crippen molar-refractivity contribution >= 4 is 34.6 Å². The first-order valence-corrected chi connectivity index (χ1v) is 10.3. The molecule has 30 heavy (non-hydrogen) atoms. The van der Waals surface area contributed by atoms with Crippen LogP contribution in [-0.4, -0.2) is 27.7 Å². The number of aliphatic imine (C=N–C) groups is 1. The topological polar surface area (TPSA) is 68.5 Å². The predicted molar refractivity (Wildman–Crippen MR) is 122 cm³/mol. The number of aryl methyl sites for hydroxylation is 2. The number of aromatic nitrogens is 2. The molecule has 4 rings (SSSR count). The van der Waals surface area contributed by atoms with Crippen LogP contribution in [-0.2, 0) is 4.79 Å². The van der Waals surface area contributed by atoms with Gasteiger partial charge in [0.25, 0.3) is 5.91 Å². The van der Waals surface area contributed by atoms with E-state index in [2.05, 4.69) is 25.9 Å². The molecule has 1 aliphatic heterocycles. The maximum Gasteiger partial charge on any atom is 0.264 e. The number of benzene rings is 1. The van der Waals surface area contributed by atoms with Crippen molar-refractivity contribution in [3.63, 3.8) is 0 Å². The minimum absolute atomic E-state index is 0.156. The number of methoxy groups -OCH3 is 1. The van der Waals surface area contributed by atoms with E-state index in [1.165, 1.54) is 11.8 Å². The Balaban J connectivity index is 1.65. The van der Waals surface area contributed by atoms with Crippen LogP contribution in [0.1, 0.15) is 22.5 Å². The Morgan fingerprint density at radius 3 is 2.77 bits per heavy atom. The molecule has 0 saturated carbocycles. The monoisotopic (exact) mass is 418 g/mol. The standard InChI is InChI=1S/C23H22N4O2S/c1-14-7-8-20(29-4)19(10-14)25-23-26-22(28)21(30-23)12-17-11-15(2)27(16(17)3)18-6-5-9-24-13-18/h5-13H,1-4H3,(H,25,26,28)/b21-12-.